The predicted molar refractivity (Wildman–Crippen MR) is 101 cm³/mol. The lowest BCUT2D eigenvalue weighted by Crippen LogP contribution is -2.55. The molecule has 0 saturated carbocycles. The minimum Gasteiger partial charge on any atom is -0.495 e. The first-order valence-electron chi connectivity index (χ1n) is 9.27. The summed E-state index contributed by atoms with van der Waals surface area (Å²) in [5.41, 5.74) is 1.23. The first kappa shape index (κ1) is 17.3. The normalized spacial score (nSPS) is 23.2. The van der Waals surface area contributed by atoms with Crippen molar-refractivity contribution in [2.45, 2.75) is 25.3 Å². The molecule has 0 radical (unpaired) electrons. The van der Waals surface area contributed by atoms with Crippen LogP contribution in [0, 0.1) is 0 Å². The first-order chi connectivity index (χ1) is 11.8. The van der Waals surface area contributed by atoms with E-state index in [9.17, 15) is 0 Å². The van der Waals surface area contributed by atoms with E-state index < -0.39 is 0 Å². The third kappa shape index (κ3) is 4.11. The van der Waals surface area contributed by atoms with E-state index in [1.807, 2.05) is 12.1 Å². The fourth-order valence-electron chi connectivity index (χ4n) is 4.03. The van der Waals surface area contributed by atoms with Gasteiger partial charge >= 0.3 is 0 Å². The van der Waals surface area contributed by atoms with Crippen LogP contribution in [-0.4, -0.2) is 68.8 Å². The maximum absolute atomic E-state index is 5.52. The van der Waals surface area contributed by atoms with Gasteiger partial charge in [-0.1, -0.05) is 18.2 Å². The highest BCUT2D eigenvalue weighted by Gasteiger charge is 2.28. The second kappa shape index (κ2) is 8.54. The summed E-state index contributed by atoms with van der Waals surface area (Å²) in [6.45, 7) is 12.0. The number of piperazine rings is 1. The van der Waals surface area contributed by atoms with Gasteiger partial charge in [0, 0.05) is 45.3 Å². The number of methoxy groups -OCH3 is 1. The van der Waals surface area contributed by atoms with Crippen molar-refractivity contribution in [1.82, 2.24) is 9.80 Å². The molecule has 2 aliphatic heterocycles. The van der Waals surface area contributed by atoms with Gasteiger partial charge in [0.05, 0.1) is 12.8 Å². The molecule has 0 N–H and O–H groups in total. The van der Waals surface area contributed by atoms with Crippen LogP contribution in [0.15, 0.2) is 36.9 Å². The molecule has 132 valence electrons. The Morgan fingerprint density at radius 1 is 1.17 bits per heavy atom. The summed E-state index contributed by atoms with van der Waals surface area (Å²) in [4.78, 5) is 7.78. The number of likely N-dealkylation sites (tertiary alicyclic amines) is 1. The van der Waals surface area contributed by atoms with Gasteiger partial charge in [0.25, 0.3) is 0 Å². The van der Waals surface area contributed by atoms with Gasteiger partial charge in [-0.3, -0.25) is 4.90 Å². The van der Waals surface area contributed by atoms with E-state index in [4.69, 9.17) is 4.74 Å². The third-order valence-electron chi connectivity index (χ3n) is 5.39. The molecule has 0 aliphatic carbocycles. The van der Waals surface area contributed by atoms with Crippen molar-refractivity contribution in [3.63, 3.8) is 0 Å². The zero-order valence-corrected chi connectivity index (χ0v) is 15.0. The third-order valence-corrected chi connectivity index (χ3v) is 5.39. The SMILES string of the molecule is C=CCCN1CCC[C@H](N2CCN(c3ccccc3OC)CC2)C1. The van der Waals surface area contributed by atoms with Crippen molar-refractivity contribution >= 4 is 5.69 Å². The highest BCUT2D eigenvalue weighted by Crippen LogP contribution is 2.29. The van der Waals surface area contributed by atoms with Crippen LogP contribution in [0.2, 0.25) is 0 Å². The first-order valence-corrected chi connectivity index (χ1v) is 9.27. The van der Waals surface area contributed by atoms with Crippen molar-refractivity contribution in [1.29, 1.82) is 0 Å². The maximum Gasteiger partial charge on any atom is 0.142 e. The molecule has 2 saturated heterocycles. The Kier molecular flexibility index (Phi) is 6.16. The fraction of sp³-hybridized carbons (Fsp3) is 0.600. The number of ether oxygens (including phenoxy) is 1. The van der Waals surface area contributed by atoms with Gasteiger partial charge < -0.3 is 14.5 Å². The highest BCUT2D eigenvalue weighted by atomic mass is 16.5. The van der Waals surface area contributed by atoms with E-state index in [-0.39, 0.29) is 0 Å². The van der Waals surface area contributed by atoms with Crippen LogP contribution >= 0.6 is 0 Å². The van der Waals surface area contributed by atoms with Gasteiger partial charge in [-0.2, -0.15) is 0 Å². The molecule has 0 aromatic heterocycles. The zero-order valence-electron chi connectivity index (χ0n) is 15.0. The standard InChI is InChI=1S/C20H31N3O/c1-3-4-11-21-12-7-8-18(17-21)22-13-15-23(16-14-22)19-9-5-6-10-20(19)24-2/h3,5-6,9-10,18H,1,4,7-8,11-17H2,2H3/t18-/m0/s1. The molecule has 4 heteroatoms. The molecule has 1 aromatic carbocycles. The molecule has 0 bridgehead atoms. The summed E-state index contributed by atoms with van der Waals surface area (Å²) >= 11 is 0. The van der Waals surface area contributed by atoms with E-state index in [1.54, 1.807) is 7.11 Å². The number of piperidine rings is 1. The summed E-state index contributed by atoms with van der Waals surface area (Å²) in [7, 11) is 1.76. The summed E-state index contributed by atoms with van der Waals surface area (Å²) in [6.07, 6.45) is 5.82. The quantitative estimate of drug-likeness (QED) is 0.747. The number of benzene rings is 1. The van der Waals surface area contributed by atoms with Crippen LogP contribution < -0.4 is 9.64 Å². The summed E-state index contributed by atoms with van der Waals surface area (Å²) in [6, 6.07) is 9.09. The van der Waals surface area contributed by atoms with Gasteiger partial charge in [0.2, 0.25) is 0 Å². The zero-order chi connectivity index (χ0) is 16.8. The lowest BCUT2D eigenvalue weighted by Gasteiger charge is -2.44. The molecule has 4 nitrogen and oxygen atoms in total. The maximum atomic E-state index is 5.52. The van der Waals surface area contributed by atoms with E-state index in [2.05, 4.69) is 39.5 Å². The van der Waals surface area contributed by atoms with Gasteiger partial charge in [0.15, 0.2) is 0 Å². The average Bonchev–Trinajstić information content (AvgIpc) is 2.66. The Morgan fingerprint density at radius 2 is 1.96 bits per heavy atom. The summed E-state index contributed by atoms with van der Waals surface area (Å²) in [5.74, 6) is 0.985. The molecular formula is C20H31N3O. The molecule has 0 spiro atoms. The number of para-hydroxylation sites is 2. The Bertz CT molecular complexity index is 525. The Balaban J connectivity index is 1.54. The Hall–Kier alpha value is -1.52. The second-order valence-corrected chi connectivity index (χ2v) is 6.87. The van der Waals surface area contributed by atoms with Gasteiger partial charge in [0.1, 0.15) is 5.75 Å². The molecule has 24 heavy (non-hydrogen) atoms. The van der Waals surface area contributed by atoms with Crippen LogP contribution in [0.4, 0.5) is 5.69 Å². The number of rotatable bonds is 6. The van der Waals surface area contributed by atoms with Gasteiger partial charge in [-0.15, -0.1) is 6.58 Å². The Morgan fingerprint density at radius 3 is 2.71 bits per heavy atom. The van der Waals surface area contributed by atoms with E-state index in [0.717, 1.165) is 44.4 Å². The molecule has 1 atom stereocenters. The van der Waals surface area contributed by atoms with Crippen LogP contribution in [0.3, 0.4) is 0 Å². The van der Waals surface area contributed by atoms with E-state index in [0.29, 0.717) is 0 Å². The lowest BCUT2D eigenvalue weighted by atomic mass is 10.0. The monoisotopic (exact) mass is 329 g/mol. The molecule has 0 unspecified atom stereocenters. The molecule has 2 aliphatic rings. The number of anilines is 1. The lowest BCUT2D eigenvalue weighted by molar-refractivity contribution is 0.0936. The minimum atomic E-state index is 0.725. The fourth-order valence-corrected chi connectivity index (χ4v) is 4.03. The predicted octanol–water partition coefficient (Wildman–Crippen LogP) is 2.86. The molecule has 1 aromatic rings. The largest absolute Gasteiger partial charge is 0.495 e. The number of nitrogens with zero attached hydrogens (tertiary/aromatic N) is 3. The Labute approximate surface area is 146 Å². The van der Waals surface area contributed by atoms with Gasteiger partial charge in [-0.25, -0.2) is 0 Å². The van der Waals surface area contributed by atoms with Crippen LogP contribution in [0.25, 0.3) is 0 Å². The van der Waals surface area contributed by atoms with Crippen LogP contribution in [-0.2, 0) is 0 Å². The van der Waals surface area contributed by atoms with Crippen molar-refractivity contribution < 1.29 is 4.74 Å². The summed E-state index contributed by atoms with van der Waals surface area (Å²) < 4.78 is 5.52. The average molecular weight is 329 g/mol. The minimum absolute atomic E-state index is 0.725. The molecular weight excluding hydrogens is 298 g/mol. The number of hydrogen-bond donors (Lipinski definition) is 0. The topological polar surface area (TPSA) is 19.0 Å². The highest BCUT2D eigenvalue weighted by molar-refractivity contribution is 5.58. The molecule has 2 fully saturated rings. The van der Waals surface area contributed by atoms with Crippen LogP contribution in [0.5, 0.6) is 5.75 Å². The van der Waals surface area contributed by atoms with Crippen molar-refractivity contribution in [2.24, 2.45) is 0 Å². The van der Waals surface area contributed by atoms with E-state index in [1.165, 1.54) is 38.2 Å². The molecule has 3 rings (SSSR count). The van der Waals surface area contributed by atoms with Crippen molar-refractivity contribution in [3.05, 3.63) is 36.9 Å². The molecule has 0 amide bonds. The molecule has 2 heterocycles. The van der Waals surface area contributed by atoms with Crippen molar-refractivity contribution in [3.8, 4) is 5.75 Å². The number of hydrogen-bond acceptors (Lipinski definition) is 4. The van der Waals surface area contributed by atoms with Crippen LogP contribution in [0.1, 0.15) is 19.3 Å². The smallest absolute Gasteiger partial charge is 0.142 e. The second-order valence-electron chi connectivity index (χ2n) is 6.87. The summed E-state index contributed by atoms with van der Waals surface area (Å²) in [5, 5.41) is 0. The van der Waals surface area contributed by atoms with E-state index >= 15 is 0 Å². The van der Waals surface area contributed by atoms with Crippen molar-refractivity contribution in [2.75, 3.05) is 57.8 Å². The van der Waals surface area contributed by atoms with Gasteiger partial charge in [-0.05, 0) is 37.9 Å².